The number of amides is 1. The van der Waals surface area contributed by atoms with Gasteiger partial charge >= 0.3 is 0 Å². The van der Waals surface area contributed by atoms with E-state index in [1.54, 1.807) is 19.9 Å². The molecule has 0 aliphatic carbocycles. The average molecular weight is 267 g/mol. The van der Waals surface area contributed by atoms with Crippen LogP contribution in [0.1, 0.15) is 18.1 Å². The molecular formula is C11H13N3O3S. The standard InChI is InChI=1S/C11H13N3O3S/c1-6-4-7(2)10(14(16)17)5-9(6)13-11(18)12-8(3)15/h4-5H,1-3H3,(H2,12,13,15,18). The predicted molar refractivity (Wildman–Crippen MR) is 72.6 cm³/mol. The van der Waals surface area contributed by atoms with Gasteiger partial charge in [0.15, 0.2) is 5.11 Å². The number of nitro benzene ring substituents is 1. The van der Waals surface area contributed by atoms with Gasteiger partial charge in [-0.3, -0.25) is 14.9 Å². The molecule has 2 N–H and O–H groups in total. The smallest absolute Gasteiger partial charge is 0.274 e. The molecule has 0 saturated carbocycles. The van der Waals surface area contributed by atoms with E-state index in [0.29, 0.717) is 11.3 Å². The van der Waals surface area contributed by atoms with E-state index in [4.69, 9.17) is 12.2 Å². The lowest BCUT2D eigenvalue weighted by atomic mass is 10.1. The van der Waals surface area contributed by atoms with E-state index in [2.05, 4.69) is 10.6 Å². The molecule has 0 saturated heterocycles. The molecule has 18 heavy (non-hydrogen) atoms. The highest BCUT2D eigenvalue weighted by atomic mass is 32.1. The Bertz CT molecular complexity index is 529. The van der Waals surface area contributed by atoms with E-state index >= 15 is 0 Å². The summed E-state index contributed by atoms with van der Waals surface area (Å²) in [4.78, 5) is 21.2. The van der Waals surface area contributed by atoms with Crippen LogP contribution in [0, 0.1) is 24.0 Å². The molecule has 0 aliphatic rings. The Morgan fingerprint density at radius 1 is 1.33 bits per heavy atom. The molecule has 0 aromatic heterocycles. The largest absolute Gasteiger partial charge is 0.332 e. The van der Waals surface area contributed by atoms with Gasteiger partial charge in [-0.25, -0.2) is 0 Å². The zero-order valence-corrected chi connectivity index (χ0v) is 11.1. The third-order valence-electron chi connectivity index (χ3n) is 2.28. The van der Waals surface area contributed by atoms with E-state index in [0.717, 1.165) is 5.56 Å². The number of nitrogens with one attached hydrogen (secondary N) is 2. The van der Waals surface area contributed by atoms with Gasteiger partial charge in [-0.2, -0.15) is 0 Å². The Morgan fingerprint density at radius 2 is 1.94 bits per heavy atom. The van der Waals surface area contributed by atoms with Crippen molar-refractivity contribution < 1.29 is 9.72 Å². The Labute approximate surface area is 110 Å². The Balaban J connectivity index is 3.02. The SMILES string of the molecule is CC(=O)NC(=S)Nc1cc([N+](=O)[O-])c(C)cc1C. The summed E-state index contributed by atoms with van der Waals surface area (Å²) in [5, 5.41) is 16.1. The summed E-state index contributed by atoms with van der Waals surface area (Å²) in [6, 6.07) is 3.09. The molecule has 7 heteroatoms. The molecule has 1 aromatic rings. The first kappa shape index (κ1) is 14.0. The molecule has 1 rings (SSSR count). The van der Waals surface area contributed by atoms with Crippen LogP contribution in [0.4, 0.5) is 11.4 Å². The van der Waals surface area contributed by atoms with Gasteiger partial charge in [-0.1, -0.05) is 0 Å². The lowest BCUT2D eigenvalue weighted by Gasteiger charge is -2.11. The van der Waals surface area contributed by atoms with Crippen molar-refractivity contribution >= 4 is 34.6 Å². The fourth-order valence-electron chi connectivity index (χ4n) is 1.49. The van der Waals surface area contributed by atoms with Crippen LogP contribution < -0.4 is 10.6 Å². The molecule has 0 radical (unpaired) electrons. The summed E-state index contributed by atoms with van der Waals surface area (Å²) in [5.74, 6) is -0.299. The number of anilines is 1. The van der Waals surface area contributed by atoms with Crippen LogP contribution in [0.2, 0.25) is 0 Å². The number of thiocarbonyl (C=S) groups is 1. The first-order valence-corrected chi connectivity index (χ1v) is 5.56. The molecule has 0 unspecified atom stereocenters. The monoisotopic (exact) mass is 267 g/mol. The number of benzene rings is 1. The lowest BCUT2D eigenvalue weighted by Crippen LogP contribution is -2.32. The van der Waals surface area contributed by atoms with E-state index in [-0.39, 0.29) is 16.7 Å². The maximum atomic E-state index is 10.8. The van der Waals surface area contributed by atoms with Crippen molar-refractivity contribution in [1.29, 1.82) is 0 Å². The second-order valence-corrected chi connectivity index (χ2v) is 4.25. The fraction of sp³-hybridized carbons (Fsp3) is 0.273. The van der Waals surface area contributed by atoms with Gasteiger partial charge in [-0.15, -0.1) is 0 Å². The van der Waals surface area contributed by atoms with Crippen molar-refractivity contribution in [2.24, 2.45) is 0 Å². The molecule has 0 heterocycles. The molecule has 0 atom stereocenters. The van der Waals surface area contributed by atoms with E-state index in [1.807, 2.05) is 0 Å². The van der Waals surface area contributed by atoms with Gasteiger partial charge in [0, 0.05) is 18.6 Å². The summed E-state index contributed by atoms with van der Waals surface area (Å²) in [6.45, 7) is 4.80. The van der Waals surface area contributed by atoms with Gasteiger partial charge in [0.2, 0.25) is 5.91 Å². The lowest BCUT2D eigenvalue weighted by molar-refractivity contribution is -0.385. The molecule has 0 spiro atoms. The Hall–Kier alpha value is -2.02. The van der Waals surface area contributed by atoms with Gasteiger partial charge in [0.25, 0.3) is 5.69 Å². The van der Waals surface area contributed by atoms with Crippen LogP contribution in [-0.2, 0) is 4.79 Å². The number of aryl methyl sites for hydroxylation is 2. The molecule has 0 aliphatic heterocycles. The van der Waals surface area contributed by atoms with Gasteiger partial charge in [-0.05, 0) is 37.7 Å². The molecule has 1 amide bonds. The van der Waals surface area contributed by atoms with Crippen LogP contribution in [0.5, 0.6) is 0 Å². The van der Waals surface area contributed by atoms with Crippen molar-refractivity contribution in [3.63, 3.8) is 0 Å². The second-order valence-electron chi connectivity index (χ2n) is 3.85. The summed E-state index contributed by atoms with van der Waals surface area (Å²) in [7, 11) is 0. The van der Waals surface area contributed by atoms with Crippen molar-refractivity contribution in [2.45, 2.75) is 20.8 Å². The highest BCUT2D eigenvalue weighted by molar-refractivity contribution is 7.80. The van der Waals surface area contributed by atoms with E-state index < -0.39 is 4.92 Å². The first-order valence-electron chi connectivity index (χ1n) is 5.15. The number of carbonyl (C=O) groups excluding carboxylic acids is 1. The Morgan fingerprint density at radius 3 is 2.44 bits per heavy atom. The van der Waals surface area contributed by atoms with Gasteiger partial charge in [0.05, 0.1) is 10.6 Å². The van der Waals surface area contributed by atoms with E-state index in [9.17, 15) is 14.9 Å². The predicted octanol–water partition coefficient (Wildman–Crippen LogP) is 2.04. The normalized spacial score (nSPS) is 9.72. The average Bonchev–Trinajstić information content (AvgIpc) is 2.20. The first-order chi connectivity index (χ1) is 8.31. The topological polar surface area (TPSA) is 84.3 Å². The number of rotatable bonds is 2. The third kappa shape index (κ3) is 3.49. The summed E-state index contributed by atoms with van der Waals surface area (Å²) in [6.07, 6.45) is 0. The quantitative estimate of drug-likeness (QED) is 0.486. The van der Waals surface area contributed by atoms with Crippen LogP contribution >= 0.6 is 12.2 Å². The van der Waals surface area contributed by atoms with Crippen LogP contribution in [0.15, 0.2) is 12.1 Å². The minimum Gasteiger partial charge on any atom is -0.332 e. The minimum absolute atomic E-state index is 0.00808. The molecule has 6 nitrogen and oxygen atoms in total. The maximum absolute atomic E-state index is 10.8. The maximum Gasteiger partial charge on any atom is 0.274 e. The zero-order chi connectivity index (χ0) is 13.9. The molecule has 0 fully saturated rings. The molecular weight excluding hydrogens is 254 g/mol. The van der Waals surface area contributed by atoms with Gasteiger partial charge < -0.3 is 10.6 Å². The number of carbonyl (C=O) groups is 1. The van der Waals surface area contributed by atoms with Crippen molar-refractivity contribution in [3.05, 3.63) is 33.4 Å². The number of hydrogen-bond donors (Lipinski definition) is 2. The number of nitro groups is 1. The highest BCUT2D eigenvalue weighted by Crippen LogP contribution is 2.26. The third-order valence-corrected chi connectivity index (χ3v) is 2.48. The summed E-state index contributed by atoms with van der Waals surface area (Å²) < 4.78 is 0. The van der Waals surface area contributed by atoms with Crippen molar-refractivity contribution in [2.75, 3.05) is 5.32 Å². The van der Waals surface area contributed by atoms with Crippen LogP contribution in [-0.4, -0.2) is 15.9 Å². The fourth-order valence-corrected chi connectivity index (χ4v) is 1.74. The summed E-state index contributed by atoms with van der Waals surface area (Å²) in [5.41, 5.74) is 1.90. The highest BCUT2D eigenvalue weighted by Gasteiger charge is 2.14. The Kier molecular flexibility index (Phi) is 4.33. The van der Waals surface area contributed by atoms with E-state index in [1.165, 1.54) is 13.0 Å². The molecule has 0 bridgehead atoms. The van der Waals surface area contributed by atoms with Crippen LogP contribution in [0.3, 0.4) is 0 Å². The van der Waals surface area contributed by atoms with Crippen LogP contribution in [0.25, 0.3) is 0 Å². The molecule has 96 valence electrons. The second kappa shape index (κ2) is 5.54. The van der Waals surface area contributed by atoms with Crippen molar-refractivity contribution in [1.82, 2.24) is 5.32 Å². The minimum atomic E-state index is -0.457. The zero-order valence-electron chi connectivity index (χ0n) is 10.2. The van der Waals surface area contributed by atoms with Crippen molar-refractivity contribution in [3.8, 4) is 0 Å². The number of nitrogens with zero attached hydrogens (tertiary/aromatic N) is 1. The van der Waals surface area contributed by atoms with Gasteiger partial charge in [0.1, 0.15) is 0 Å². The molecule has 1 aromatic carbocycles. The summed E-state index contributed by atoms with van der Waals surface area (Å²) >= 11 is 4.90. The number of hydrogen-bond acceptors (Lipinski definition) is 4.